The number of morpholine rings is 1. The molecule has 13 heteroatoms. The van der Waals surface area contributed by atoms with Gasteiger partial charge in [-0.2, -0.15) is 15.0 Å². The molecule has 0 bridgehead atoms. The van der Waals surface area contributed by atoms with Crippen LogP contribution in [0.4, 0.5) is 11.9 Å². The van der Waals surface area contributed by atoms with Crippen LogP contribution in [0.2, 0.25) is 0 Å². The van der Waals surface area contributed by atoms with Gasteiger partial charge in [0.2, 0.25) is 11.9 Å². The van der Waals surface area contributed by atoms with Gasteiger partial charge < -0.3 is 48.1 Å². The monoisotopic (exact) mass is 559 g/mol. The Bertz CT molecular complexity index is 1180. The van der Waals surface area contributed by atoms with E-state index in [-0.39, 0.29) is 18.7 Å². The van der Waals surface area contributed by atoms with E-state index in [1.54, 1.807) is 7.11 Å². The first-order valence-electron chi connectivity index (χ1n) is 13.6. The summed E-state index contributed by atoms with van der Waals surface area (Å²) in [4.78, 5) is 15.9. The van der Waals surface area contributed by atoms with Gasteiger partial charge in [-0.15, -0.1) is 0 Å². The van der Waals surface area contributed by atoms with Crippen LogP contribution in [0.1, 0.15) is 33.3 Å². The number of hydrogen-bond donors (Lipinski definition) is 1. The third kappa shape index (κ3) is 5.94. The Balaban J connectivity index is 1.19. The molecule has 5 atom stereocenters. The summed E-state index contributed by atoms with van der Waals surface area (Å²) in [6, 6.07) is 7.97. The summed E-state index contributed by atoms with van der Waals surface area (Å²) >= 11 is 0. The number of nitrogens with zero attached hydrogens (tertiary/aromatic N) is 4. The van der Waals surface area contributed by atoms with E-state index in [1.807, 2.05) is 52.0 Å². The molecule has 2 aromatic rings. The van der Waals surface area contributed by atoms with Crippen molar-refractivity contribution in [2.75, 3.05) is 50.2 Å². The topological polar surface area (TPSA) is 128 Å². The van der Waals surface area contributed by atoms with Crippen LogP contribution in [0, 0.1) is 0 Å². The Hall–Kier alpha value is -2.81. The molecule has 0 unspecified atom stereocenters. The number of ether oxygens (including phenoxy) is 8. The standard InChI is InChI=1S/C27H37N5O8/c1-26(2)37-19-18(36-22-21(20(19)38-26)39-27(3,4)40-22)15-35-25-30-23(28-14-16-6-8-17(33-5)9-7-16)29-24(31-25)32-10-12-34-13-11-32/h6-9,18-22H,10-15H2,1-5H3,(H,28,29,30,31)/t18-,19+,20+,21-,22-/m1/s1. The molecule has 0 spiro atoms. The Morgan fingerprint density at radius 3 is 2.35 bits per heavy atom. The molecule has 1 aromatic heterocycles. The number of methoxy groups -OCH3 is 1. The maximum absolute atomic E-state index is 6.27. The number of aromatic nitrogens is 3. The van der Waals surface area contributed by atoms with Gasteiger partial charge >= 0.3 is 6.01 Å². The van der Waals surface area contributed by atoms with Gasteiger partial charge in [0.15, 0.2) is 17.9 Å². The summed E-state index contributed by atoms with van der Waals surface area (Å²) in [7, 11) is 1.64. The Morgan fingerprint density at radius 2 is 1.60 bits per heavy atom. The molecule has 1 N–H and O–H groups in total. The fraction of sp³-hybridized carbons (Fsp3) is 0.667. The summed E-state index contributed by atoms with van der Waals surface area (Å²) < 4.78 is 47.7. The van der Waals surface area contributed by atoms with Crippen molar-refractivity contribution in [3.8, 4) is 11.8 Å². The fourth-order valence-electron chi connectivity index (χ4n) is 5.30. The third-order valence-corrected chi connectivity index (χ3v) is 7.13. The summed E-state index contributed by atoms with van der Waals surface area (Å²) in [5.41, 5.74) is 1.05. The molecule has 40 heavy (non-hydrogen) atoms. The van der Waals surface area contributed by atoms with Crippen LogP contribution in [-0.2, 0) is 35.0 Å². The van der Waals surface area contributed by atoms with Gasteiger partial charge in [0.1, 0.15) is 36.8 Å². The van der Waals surface area contributed by atoms with Crippen LogP contribution in [0.15, 0.2) is 24.3 Å². The lowest BCUT2D eigenvalue weighted by Gasteiger charge is -2.36. The minimum absolute atomic E-state index is 0.123. The lowest BCUT2D eigenvalue weighted by molar-refractivity contribution is -0.238. The average Bonchev–Trinajstić information content (AvgIpc) is 3.45. The van der Waals surface area contributed by atoms with Crippen LogP contribution in [-0.4, -0.2) is 97.3 Å². The van der Waals surface area contributed by atoms with Crippen molar-refractivity contribution >= 4 is 11.9 Å². The molecule has 0 aliphatic carbocycles. The zero-order valence-electron chi connectivity index (χ0n) is 23.5. The van der Waals surface area contributed by atoms with Crippen molar-refractivity contribution in [2.45, 2.75) is 76.5 Å². The summed E-state index contributed by atoms with van der Waals surface area (Å²) in [6.07, 6.45) is -2.29. The van der Waals surface area contributed by atoms with Gasteiger partial charge in [-0.05, 0) is 45.4 Å². The van der Waals surface area contributed by atoms with Crippen molar-refractivity contribution in [1.29, 1.82) is 0 Å². The molecule has 0 radical (unpaired) electrons. The normalized spacial score (nSPS) is 30.4. The lowest BCUT2D eigenvalue weighted by Crippen LogP contribution is -2.56. The van der Waals surface area contributed by atoms with Crippen molar-refractivity contribution < 1.29 is 37.9 Å². The van der Waals surface area contributed by atoms with Crippen LogP contribution in [0.5, 0.6) is 11.8 Å². The maximum atomic E-state index is 6.27. The highest BCUT2D eigenvalue weighted by Gasteiger charge is 2.60. The first kappa shape index (κ1) is 27.4. The van der Waals surface area contributed by atoms with Gasteiger partial charge in [0.25, 0.3) is 0 Å². The molecular formula is C27H37N5O8. The first-order chi connectivity index (χ1) is 19.2. The van der Waals surface area contributed by atoms with Gasteiger partial charge in [-0.1, -0.05) is 12.1 Å². The van der Waals surface area contributed by atoms with E-state index in [0.29, 0.717) is 44.7 Å². The highest BCUT2D eigenvalue weighted by Crippen LogP contribution is 2.44. The molecule has 5 heterocycles. The minimum atomic E-state index is -0.795. The number of rotatable bonds is 8. The van der Waals surface area contributed by atoms with Crippen molar-refractivity contribution in [1.82, 2.24) is 15.0 Å². The molecule has 4 fully saturated rings. The molecule has 1 aromatic carbocycles. The SMILES string of the molecule is COc1ccc(CNc2nc(OC[C@H]3O[C@@H]4OC(C)(C)O[C@@H]4[C@H]4OC(C)(C)O[C@H]43)nc(N3CCOCC3)n2)cc1. The van der Waals surface area contributed by atoms with Crippen LogP contribution >= 0.6 is 0 Å². The quantitative estimate of drug-likeness (QED) is 0.508. The van der Waals surface area contributed by atoms with Crippen LogP contribution < -0.4 is 19.7 Å². The first-order valence-corrected chi connectivity index (χ1v) is 13.6. The predicted molar refractivity (Wildman–Crippen MR) is 141 cm³/mol. The highest BCUT2D eigenvalue weighted by molar-refractivity contribution is 5.39. The second-order valence-corrected chi connectivity index (χ2v) is 11.1. The number of nitrogens with one attached hydrogen (secondary N) is 1. The smallest absolute Gasteiger partial charge is 0.323 e. The molecule has 4 saturated heterocycles. The Morgan fingerprint density at radius 1 is 0.900 bits per heavy atom. The number of fused-ring (bicyclic) bond motifs is 3. The summed E-state index contributed by atoms with van der Waals surface area (Å²) in [5, 5.41) is 3.29. The largest absolute Gasteiger partial charge is 0.497 e. The summed E-state index contributed by atoms with van der Waals surface area (Å²) in [5.74, 6) is 0.129. The van der Waals surface area contributed by atoms with Gasteiger partial charge in [-0.3, -0.25) is 0 Å². The van der Waals surface area contributed by atoms with E-state index in [0.717, 1.165) is 11.3 Å². The molecule has 0 saturated carbocycles. The lowest BCUT2D eigenvalue weighted by atomic mass is 9.99. The molecule has 4 aliphatic heterocycles. The predicted octanol–water partition coefficient (Wildman–Crippen LogP) is 2.10. The van der Waals surface area contributed by atoms with Crippen LogP contribution in [0.25, 0.3) is 0 Å². The molecule has 13 nitrogen and oxygen atoms in total. The Kier molecular flexibility index (Phi) is 7.44. The number of hydrogen-bond acceptors (Lipinski definition) is 13. The van der Waals surface area contributed by atoms with Gasteiger partial charge in [0, 0.05) is 19.6 Å². The molecule has 0 amide bonds. The second-order valence-electron chi connectivity index (χ2n) is 11.1. The van der Waals surface area contributed by atoms with Crippen molar-refractivity contribution in [3.63, 3.8) is 0 Å². The Labute approximate surface area is 233 Å². The van der Waals surface area contributed by atoms with Crippen molar-refractivity contribution in [3.05, 3.63) is 29.8 Å². The van der Waals surface area contributed by atoms with E-state index in [1.165, 1.54) is 0 Å². The minimum Gasteiger partial charge on any atom is -0.497 e. The molecule has 4 aliphatic rings. The third-order valence-electron chi connectivity index (χ3n) is 7.13. The van der Waals surface area contributed by atoms with E-state index in [9.17, 15) is 0 Å². The molecule has 218 valence electrons. The van der Waals surface area contributed by atoms with E-state index in [2.05, 4.69) is 25.2 Å². The zero-order chi connectivity index (χ0) is 27.9. The second kappa shape index (κ2) is 10.9. The van der Waals surface area contributed by atoms with E-state index >= 15 is 0 Å². The van der Waals surface area contributed by atoms with Gasteiger partial charge in [0.05, 0.1) is 20.3 Å². The highest BCUT2D eigenvalue weighted by atomic mass is 16.9. The number of anilines is 2. The zero-order valence-corrected chi connectivity index (χ0v) is 23.5. The van der Waals surface area contributed by atoms with Crippen LogP contribution in [0.3, 0.4) is 0 Å². The van der Waals surface area contributed by atoms with Crippen molar-refractivity contribution in [2.24, 2.45) is 0 Å². The summed E-state index contributed by atoms with van der Waals surface area (Å²) in [6.45, 7) is 10.7. The molecular weight excluding hydrogens is 522 g/mol. The maximum Gasteiger partial charge on any atom is 0.323 e. The van der Waals surface area contributed by atoms with E-state index < -0.39 is 36.2 Å². The van der Waals surface area contributed by atoms with Gasteiger partial charge in [-0.25, -0.2) is 0 Å². The molecule has 6 rings (SSSR count). The fourth-order valence-corrected chi connectivity index (χ4v) is 5.30. The number of benzene rings is 1. The average molecular weight is 560 g/mol. The van der Waals surface area contributed by atoms with E-state index in [4.69, 9.17) is 37.9 Å².